The third-order valence-electron chi connectivity index (χ3n) is 2.38. The number of anilines is 1. The van der Waals surface area contributed by atoms with Gasteiger partial charge < -0.3 is 14.7 Å². The maximum Gasteiger partial charge on any atom is 0.354 e. The van der Waals surface area contributed by atoms with E-state index in [1.165, 1.54) is 6.07 Å². The van der Waals surface area contributed by atoms with E-state index in [4.69, 9.17) is 9.84 Å². The molecule has 0 spiro atoms. The van der Waals surface area contributed by atoms with Crippen LogP contribution in [0.15, 0.2) is 18.2 Å². The second kappa shape index (κ2) is 5.46. The van der Waals surface area contributed by atoms with Gasteiger partial charge in [0.15, 0.2) is 5.69 Å². The molecular weight excluding hydrogens is 208 g/mol. The highest BCUT2D eigenvalue weighted by atomic mass is 16.5. The van der Waals surface area contributed by atoms with E-state index in [1.54, 1.807) is 19.2 Å². The predicted molar refractivity (Wildman–Crippen MR) is 60.9 cm³/mol. The van der Waals surface area contributed by atoms with Crippen molar-refractivity contribution in [2.45, 2.75) is 13.0 Å². The Balaban J connectivity index is 2.86. The number of hydrogen-bond acceptors (Lipinski definition) is 4. The molecule has 0 saturated carbocycles. The zero-order chi connectivity index (χ0) is 12.1. The molecule has 1 aromatic heterocycles. The van der Waals surface area contributed by atoms with Crippen LogP contribution in [0.25, 0.3) is 0 Å². The van der Waals surface area contributed by atoms with Crippen molar-refractivity contribution in [2.24, 2.45) is 0 Å². The van der Waals surface area contributed by atoms with Gasteiger partial charge in [0.1, 0.15) is 5.82 Å². The summed E-state index contributed by atoms with van der Waals surface area (Å²) in [7, 11) is 3.49. The molecule has 1 unspecified atom stereocenters. The quantitative estimate of drug-likeness (QED) is 0.815. The lowest BCUT2D eigenvalue weighted by Crippen LogP contribution is -2.33. The molecule has 5 nitrogen and oxygen atoms in total. The molecule has 88 valence electrons. The molecule has 0 aliphatic carbocycles. The molecule has 0 aliphatic heterocycles. The average Bonchev–Trinajstić information content (AvgIpc) is 2.28. The maximum absolute atomic E-state index is 10.8. The monoisotopic (exact) mass is 224 g/mol. The number of carboxylic acids is 1. The second-order valence-corrected chi connectivity index (χ2v) is 3.60. The summed E-state index contributed by atoms with van der Waals surface area (Å²) in [6.07, 6.45) is 0. The molecule has 5 heteroatoms. The first-order chi connectivity index (χ1) is 7.56. The molecule has 0 radical (unpaired) electrons. The van der Waals surface area contributed by atoms with E-state index in [-0.39, 0.29) is 11.7 Å². The SMILES string of the molecule is COCC(C)N(C)c1cccc(C(=O)O)n1. The fourth-order valence-electron chi connectivity index (χ4n) is 1.32. The largest absolute Gasteiger partial charge is 0.477 e. The van der Waals surface area contributed by atoms with E-state index in [1.807, 2.05) is 18.9 Å². The van der Waals surface area contributed by atoms with Gasteiger partial charge in [0, 0.05) is 14.2 Å². The van der Waals surface area contributed by atoms with Crippen LogP contribution < -0.4 is 4.90 Å². The van der Waals surface area contributed by atoms with Crippen molar-refractivity contribution in [3.05, 3.63) is 23.9 Å². The summed E-state index contributed by atoms with van der Waals surface area (Å²) in [4.78, 5) is 16.7. The number of aromatic carboxylic acids is 1. The first kappa shape index (κ1) is 12.4. The van der Waals surface area contributed by atoms with Gasteiger partial charge in [0.05, 0.1) is 12.6 Å². The third kappa shape index (κ3) is 2.93. The molecule has 1 rings (SSSR count). The van der Waals surface area contributed by atoms with Gasteiger partial charge in [-0.1, -0.05) is 6.07 Å². The molecule has 0 aliphatic rings. The minimum atomic E-state index is -1.02. The normalized spacial score (nSPS) is 12.2. The first-order valence-electron chi connectivity index (χ1n) is 4.98. The van der Waals surface area contributed by atoms with E-state index < -0.39 is 5.97 Å². The summed E-state index contributed by atoms with van der Waals surface area (Å²) >= 11 is 0. The molecule has 1 aromatic rings. The summed E-state index contributed by atoms with van der Waals surface area (Å²) in [5.74, 6) is -0.390. The van der Waals surface area contributed by atoms with E-state index in [0.29, 0.717) is 12.4 Å². The molecule has 1 N–H and O–H groups in total. The van der Waals surface area contributed by atoms with E-state index >= 15 is 0 Å². The number of aromatic nitrogens is 1. The van der Waals surface area contributed by atoms with Gasteiger partial charge in [0.25, 0.3) is 0 Å². The minimum absolute atomic E-state index is 0.0500. The molecule has 0 fully saturated rings. The van der Waals surface area contributed by atoms with Crippen LogP contribution in [0.3, 0.4) is 0 Å². The van der Waals surface area contributed by atoms with Crippen LogP contribution in [-0.4, -0.2) is 42.9 Å². The van der Waals surface area contributed by atoms with Gasteiger partial charge in [-0.25, -0.2) is 9.78 Å². The fraction of sp³-hybridized carbons (Fsp3) is 0.455. The molecular formula is C11H16N2O3. The number of carbonyl (C=O) groups is 1. The Morgan fingerprint density at radius 1 is 1.62 bits per heavy atom. The Bertz CT molecular complexity index is 368. The van der Waals surface area contributed by atoms with Crippen LogP contribution in [0.4, 0.5) is 5.82 Å². The van der Waals surface area contributed by atoms with Crippen LogP contribution in [0.5, 0.6) is 0 Å². The number of methoxy groups -OCH3 is 1. The van der Waals surface area contributed by atoms with Gasteiger partial charge in [-0.15, -0.1) is 0 Å². The van der Waals surface area contributed by atoms with Crippen LogP contribution in [0.1, 0.15) is 17.4 Å². The van der Waals surface area contributed by atoms with Crippen molar-refractivity contribution >= 4 is 11.8 Å². The molecule has 0 saturated heterocycles. The van der Waals surface area contributed by atoms with Gasteiger partial charge in [-0.3, -0.25) is 0 Å². The Hall–Kier alpha value is -1.62. The lowest BCUT2D eigenvalue weighted by atomic mass is 10.3. The Morgan fingerprint density at radius 3 is 2.88 bits per heavy atom. The lowest BCUT2D eigenvalue weighted by Gasteiger charge is -2.25. The van der Waals surface area contributed by atoms with Crippen molar-refractivity contribution in [1.29, 1.82) is 0 Å². The predicted octanol–water partition coefficient (Wildman–Crippen LogP) is 1.25. The first-order valence-corrected chi connectivity index (χ1v) is 4.98. The maximum atomic E-state index is 10.8. The highest BCUT2D eigenvalue weighted by Crippen LogP contribution is 2.12. The minimum Gasteiger partial charge on any atom is -0.477 e. The average molecular weight is 224 g/mol. The van der Waals surface area contributed by atoms with Crippen molar-refractivity contribution in [2.75, 3.05) is 25.7 Å². The molecule has 0 bridgehead atoms. The zero-order valence-corrected chi connectivity index (χ0v) is 9.67. The molecule has 0 amide bonds. The van der Waals surface area contributed by atoms with Gasteiger partial charge >= 0.3 is 5.97 Å². The third-order valence-corrected chi connectivity index (χ3v) is 2.38. The number of nitrogens with zero attached hydrogens (tertiary/aromatic N) is 2. The molecule has 0 aromatic carbocycles. The molecule has 1 heterocycles. The second-order valence-electron chi connectivity index (χ2n) is 3.60. The molecule has 1 atom stereocenters. The van der Waals surface area contributed by atoms with Crippen molar-refractivity contribution in [1.82, 2.24) is 4.98 Å². The lowest BCUT2D eigenvalue weighted by molar-refractivity contribution is 0.0690. The Labute approximate surface area is 94.7 Å². The Morgan fingerprint density at radius 2 is 2.31 bits per heavy atom. The number of pyridine rings is 1. The van der Waals surface area contributed by atoms with Gasteiger partial charge in [-0.2, -0.15) is 0 Å². The number of carboxylic acid groups (broad SMARTS) is 1. The standard InChI is InChI=1S/C11H16N2O3/c1-8(7-16-3)13(2)10-6-4-5-9(12-10)11(14)15/h4-6,8H,7H2,1-3H3,(H,14,15). The summed E-state index contributed by atoms with van der Waals surface area (Å²) in [6.45, 7) is 2.55. The Kier molecular flexibility index (Phi) is 4.25. The van der Waals surface area contributed by atoms with Crippen molar-refractivity contribution in [3.63, 3.8) is 0 Å². The number of ether oxygens (including phenoxy) is 1. The highest BCUT2D eigenvalue weighted by Gasteiger charge is 2.12. The molecule has 16 heavy (non-hydrogen) atoms. The van der Waals surface area contributed by atoms with Crippen molar-refractivity contribution < 1.29 is 14.6 Å². The van der Waals surface area contributed by atoms with Gasteiger partial charge in [-0.05, 0) is 19.1 Å². The van der Waals surface area contributed by atoms with Crippen molar-refractivity contribution in [3.8, 4) is 0 Å². The smallest absolute Gasteiger partial charge is 0.354 e. The number of hydrogen-bond donors (Lipinski definition) is 1. The van der Waals surface area contributed by atoms with Gasteiger partial charge in [0.2, 0.25) is 0 Å². The topological polar surface area (TPSA) is 62.7 Å². The van der Waals surface area contributed by atoms with Crippen LogP contribution >= 0.6 is 0 Å². The van der Waals surface area contributed by atoms with Crippen LogP contribution in [0.2, 0.25) is 0 Å². The summed E-state index contributed by atoms with van der Waals surface area (Å²) < 4.78 is 5.04. The summed E-state index contributed by atoms with van der Waals surface area (Å²) in [6, 6.07) is 5.07. The van der Waals surface area contributed by atoms with E-state index in [9.17, 15) is 4.79 Å². The van der Waals surface area contributed by atoms with Crippen LogP contribution in [-0.2, 0) is 4.74 Å². The van der Waals surface area contributed by atoms with Crippen LogP contribution in [0, 0.1) is 0 Å². The highest BCUT2D eigenvalue weighted by molar-refractivity contribution is 5.85. The zero-order valence-electron chi connectivity index (χ0n) is 9.67. The van der Waals surface area contributed by atoms with E-state index in [0.717, 1.165) is 0 Å². The fourth-order valence-corrected chi connectivity index (χ4v) is 1.32. The van der Waals surface area contributed by atoms with E-state index in [2.05, 4.69) is 4.98 Å². The summed E-state index contributed by atoms with van der Waals surface area (Å²) in [5.41, 5.74) is 0.0500. The number of rotatable bonds is 5. The summed E-state index contributed by atoms with van der Waals surface area (Å²) in [5, 5.41) is 8.83. The number of likely N-dealkylation sites (N-methyl/N-ethyl adjacent to an activating group) is 1.